The molecule has 0 saturated heterocycles. The van der Waals surface area contributed by atoms with Crippen molar-refractivity contribution < 1.29 is 13.7 Å². The maximum absolute atomic E-state index is 14.0. The molecule has 4 nitrogen and oxygen atoms in total. The van der Waals surface area contributed by atoms with Gasteiger partial charge in [0.1, 0.15) is 17.3 Å². The minimum absolute atomic E-state index is 0.123. The fraction of sp³-hybridized carbons (Fsp3) is 0.0625. The number of ether oxygens (including phenoxy) is 1. The first kappa shape index (κ1) is 13.2. The second-order valence-electron chi connectivity index (χ2n) is 4.45. The monoisotopic (exact) mass is 284 g/mol. The van der Waals surface area contributed by atoms with Gasteiger partial charge in [-0.05, 0) is 18.2 Å². The number of aromatic nitrogens is 1. The Labute approximate surface area is 120 Å². The second kappa shape index (κ2) is 5.28. The summed E-state index contributed by atoms with van der Waals surface area (Å²) in [6.45, 7) is 0. The highest BCUT2D eigenvalue weighted by Gasteiger charge is 2.21. The quantitative estimate of drug-likeness (QED) is 0.796. The largest absolute Gasteiger partial charge is 0.496 e. The molecule has 0 spiro atoms. The van der Waals surface area contributed by atoms with Gasteiger partial charge < -0.3 is 15.0 Å². The number of benzene rings is 2. The highest BCUT2D eigenvalue weighted by Crippen LogP contribution is 2.41. The van der Waals surface area contributed by atoms with Crippen molar-refractivity contribution in [3.05, 3.63) is 54.3 Å². The van der Waals surface area contributed by atoms with Crippen LogP contribution in [0.25, 0.3) is 22.4 Å². The van der Waals surface area contributed by atoms with Gasteiger partial charge in [0.15, 0.2) is 0 Å². The van der Waals surface area contributed by atoms with Crippen LogP contribution in [-0.2, 0) is 0 Å². The molecule has 0 saturated carbocycles. The van der Waals surface area contributed by atoms with E-state index < -0.39 is 0 Å². The van der Waals surface area contributed by atoms with Crippen molar-refractivity contribution in [2.24, 2.45) is 0 Å². The third kappa shape index (κ3) is 2.23. The van der Waals surface area contributed by atoms with Crippen LogP contribution in [0.15, 0.2) is 53.1 Å². The summed E-state index contributed by atoms with van der Waals surface area (Å²) in [6, 6.07) is 13.7. The Morgan fingerprint density at radius 2 is 1.71 bits per heavy atom. The number of para-hydroxylation sites is 1. The standard InChI is InChI=1S/C16H13FN2O2/c1-20-13-9-5-3-7-11(13)14-15(19-21-16(14)18)10-6-2-4-8-12(10)17/h2-9H,18H2,1H3. The Kier molecular flexibility index (Phi) is 3.31. The number of nitrogens with zero attached hydrogens (tertiary/aromatic N) is 1. The first-order valence-electron chi connectivity index (χ1n) is 6.36. The van der Waals surface area contributed by atoms with Crippen molar-refractivity contribution in [3.63, 3.8) is 0 Å². The van der Waals surface area contributed by atoms with Gasteiger partial charge in [-0.15, -0.1) is 0 Å². The Balaban J connectivity index is 2.25. The van der Waals surface area contributed by atoms with Crippen molar-refractivity contribution >= 4 is 5.88 Å². The molecule has 2 aromatic carbocycles. The van der Waals surface area contributed by atoms with Crippen molar-refractivity contribution in [2.45, 2.75) is 0 Å². The summed E-state index contributed by atoms with van der Waals surface area (Å²) >= 11 is 0. The number of anilines is 1. The van der Waals surface area contributed by atoms with Gasteiger partial charge in [0.05, 0.1) is 12.7 Å². The molecule has 21 heavy (non-hydrogen) atoms. The Bertz CT molecular complexity index is 783. The van der Waals surface area contributed by atoms with Crippen LogP contribution >= 0.6 is 0 Å². The number of rotatable bonds is 3. The van der Waals surface area contributed by atoms with Crippen LogP contribution in [0, 0.1) is 5.82 Å². The van der Waals surface area contributed by atoms with E-state index in [0.29, 0.717) is 28.1 Å². The summed E-state index contributed by atoms with van der Waals surface area (Å²) in [7, 11) is 1.56. The molecule has 0 bridgehead atoms. The Morgan fingerprint density at radius 3 is 2.43 bits per heavy atom. The molecule has 5 heteroatoms. The average molecular weight is 284 g/mol. The van der Waals surface area contributed by atoms with E-state index in [4.69, 9.17) is 15.0 Å². The molecule has 0 atom stereocenters. The third-order valence-corrected chi connectivity index (χ3v) is 3.22. The molecule has 0 aliphatic rings. The molecule has 0 fully saturated rings. The summed E-state index contributed by atoms with van der Waals surface area (Å²) in [5.74, 6) is 0.352. The molecular weight excluding hydrogens is 271 g/mol. The number of methoxy groups -OCH3 is 1. The second-order valence-corrected chi connectivity index (χ2v) is 4.45. The summed E-state index contributed by atoms with van der Waals surface area (Å²) < 4.78 is 24.4. The van der Waals surface area contributed by atoms with Crippen LogP contribution in [0.1, 0.15) is 0 Å². The highest BCUT2D eigenvalue weighted by atomic mass is 19.1. The van der Waals surface area contributed by atoms with Crippen LogP contribution in [0.3, 0.4) is 0 Å². The molecule has 0 amide bonds. The first-order chi connectivity index (χ1) is 10.2. The van der Waals surface area contributed by atoms with E-state index in [2.05, 4.69) is 5.16 Å². The maximum Gasteiger partial charge on any atom is 0.230 e. The highest BCUT2D eigenvalue weighted by molar-refractivity contribution is 5.89. The summed E-state index contributed by atoms with van der Waals surface area (Å²) in [4.78, 5) is 0. The minimum atomic E-state index is -0.387. The van der Waals surface area contributed by atoms with E-state index in [0.717, 1.165) is 0 Å². The molecule has 0 aliphatic heterocycles. The van der Waals surface area contributed by atoms with E-state index in [1.165, 1.54) is 6.07 Å². The van der Waals surface area contributed by atoms with Gasteiger partial charge in [0.2, 0.25) is 5.88 Å². The first-order valence-corrected chi connectivity index (χ1v) is 6.36. The van der Waals surface area contributed by atoms with Gasteiger partial charge in [0, 0.05) is 11.1 Å². The van der Waals surface area contributed by atoms with Crippen molar-refractivity contribution in [2.75, 3.05) is 12.8 Å². The maximum atomic E-state index is 14.0. The number of nitrogens with two attached hydrogens (primary N) is 1. The number of nitrogen functional groups attached to an aromatic ring is 1. The summed E-state index contributed by atoms with van der Waals surface area (Å²) in [6.07, 6.45) is 0. The fourth-order valence-electron chi connectivity index (χ4n) is 2.25. The van der Waals surface area contributed by atoms with Crippen molar-refractivity contribution in [3.8, 4) is 28.1 Å². The number of halogens is 1. The smallest absolute Gasteiger partial charge is 0.230 e. The van der Waals surface area contributed by atoms with Gasteiger partial charge in [-0.3, -0.25) is 0 Å². The zero-order valence-corrected chi connectivity index (χ0v) is 11.3. The molecule has 106 valence electrons. The van der Waals surface area contributed by atoms with E-state index in [1.807, 2.05) is 18.2 Å². The van der Waals surface area contributed by atoms with E-state index in [9.17, 15) is 4.39 Å². The lowest BCUT2D eigenvalue weighted by Gasteiger charge is -2.08. The molecule has 0 radical (unpaired) electrons. The molecule has 2 N–H and O–H groups in total. The molecule has 3 aromatic rings. The SMILES string of the molecule is COc1ccccc1-c1c(-c2ccccc2F)noc1N. The molecule has 0 unspecified atom stereocenters. The number of hydrogen-bond donors (Lipinski definition) is 1. The lowest BCUT2D eigenvalue weighted by molar-refractivity contribution is 0.416. The summed E-state index contributed by atoms with van der Waals surface area (Å²) in [5.41, 5.74) is 7.80. The average Bonchev–Trinajstić information content (AvgIpc) is 2.89. The van der Waals surface area contributed by atoms with Gasteiger partial charge in [-0.2, -0.15) is 0 Å². The van der Waals surface area contributed by atoms with Gasteiger partial charge in [0.25, 0.3) is 0 Å². The van der Waals surface area contributed by atoms with Crippen LogP contribution in [0.5, 0.6) is 5.75 Å². The Morgan fingerprint density at radius 1 is 1.05 bits per heavy atom. The molecule has 1 heterocycles. The lowest BCUT2D eigenvalue weighted by atomic mass is 10.00. The van der Waals surface area contributed by atoms with Crippen molar-refractivity contribution in [1.29, 1.82) is 0 Å². The van der Waals surface area contributed by atoms with Crippen LogP contribution in [-0.4, -0.2) is 12.3 Å². The zero-order valence-electron chi connectivity index (χ0n) is 11.3. The predicted octanol–water partition coefficient (Wildman–Crippen LogP) is 3.74. The molecule has 0 aliphatic carbocycles. The van der Waals surface area contributed by atoms with Gasteiger partial charge in [-0.25, -0.2) is 4.39 Å². The molecule has 3 rings (SSSR count). The number of hydrogen-bond acceptors (Lipinski definition) is 4. The van der Waals surface area contributed by atoms with Gasteiger partial charge in [-0.1, -0.05) is 35.5 Å². The van der Waals surface area contributed by atoms with Crippen LogP contribution < -0.4 is 10.5 Å². The van der Waals surface area contributed by atoms with Gasteiger partial charge >= 0.3 is 0 Å². The summed E-state index contributed by atoms with van der Waals surface area (Å²) in [5, 5.41) is 3.90. The van der Waals surface area contributed by atoms with Crippen molar-refractivity contribution in [1.82, 2.24) is 5.16 Å². The fourth-order valence-corrected chi connectivity index (χ4v) is 2.25. The normalized spacial score (nSPS) is 10.6. The molecular formula is C16H13FN2O2. The predicted molar refractivity (Wildman–Crippen MR) is 78.3 cm³/mol. The third-order valence-electron chi connectivity index (χ3n) is 3.22. The zero-order chi connectivity index (χ0) is 14.8. The lowest BCUT2D eigenvalue weighted by Crippen LogP contribution is -1.93. The van der Waals surface area contributed by atoms with E-state index in [1.54, 1.807) is 31.4 Å². The van der Waals surface area contributed by atoms with E-state index in [-0.39, 0.29) is 11.7 Å². The molecule has 1 aromatic heterocycles. The van der Waals surface area contributed by atoms with E-state index >= 15 is 0 Å². The Hall–Kier alpha value is -2.82. The van der Waals surface area contributed by atoms with Crippen LogP contribution in [0.4, 0.5) is 10.3 Å². The van der Waals surface area contributed by atoms with Crippen LogP contribution in [0.2, 0.25) is 0 Å². The topological polar surface area (TPSA) is 61.3 Å². The minimum Gasteiger partial charge on any atom is -0.496 e.